The Labute approximate surface area is 107 Å². The van der Waals surface area contributed by atoms with Gasteiger partial charge in [0.15, 0.2) is 5.52 Å². The summed E-state index contributed by atoms with van der Waals surface area (Å²) in [6.45, 7) is 0. The lowest BCUT2D eigenvalue weighted by molar-refractivity contribution is -0.548. The molecule has 0 aliphatic carbocycles. The number of nitrogens with zero attached hydrogens (tertiary/aromatic N) is 2. The molecule has 0 aliphatic rings. The highest BCUT2D eigenvalue weighted by Crippen LogP contribution is 2.22. The summed E-state index contributed by atoms with van der Waals surface area (Å²) < 4.78 is 0.819. The number of para-hydroxylation sites is 1. The van der Waals surface area contributed by atoms with Crippen molar-refractivity contribution in [3.05, 3.63) is 51.7 Å². The Morgan fingerprint density at radius 1 is 1.06 bits per heavy atom. The minimum absolute atomic E-state index is 0.451. The molecule has 0 fully saturated rings. The van der Waals surface area contributed by atoms with Crippen LogP contribution in [0.3, 0.4) is 0 Å². The molecular formula is C12H6Cl2N2O. The first-order chi connectivity index (χ1) is 8.16. The zero-order chi connectivity index (χ0) is 12.0. The highest BCUT2D eigenvalue weighted by Gasteiger charge is 2.13. The lowest BCUT2D eigenvalue weighted by atomic mass is 10.2. The average Bonchev–Trinajstić information content (AvgIpc) is 2.30. The van der Waals surface area contributed by atoms with Crippen LogP contribution in [0.5, 0.6) is 0 Å². The molecule has 1 heterocycles. The highest BCUT2D eigenvalue weighted by atomic mass is 35.5. The van der Waals surface area contributed by atoms with Gasteiger partial charge >= 0.3 is 0 Å². The summed E-state index contributed by atoms with van der Waals surface area (Å²) in [5, 5.41) is 13.1. The van der Waals surface area contributed by atoms with Gasteiger partial charge in [-0.15, -0.1) is 0 Å². The second-order valence-corrected chi connectivity index (χ2v) is 4.49. The average molecular weight is 265 g/mol. The van der Waals surface area contributed by atoms with Crippen molar-refractivity contribution < 1.29 is 4.73 Å². The Kier molecular flexibility index (Phi) is 2.31. The molecule has 5 heteroatoms. The van der Waals surface area contributed by atoms with Crippen LogP contribution in [0.4, 0.5) is 0 Å². The van der Waals surface area contributed by atoms with Gasteiger partial charge in [-0.1, -0.05) is 29.3 Å². The van der Waals surface area contributed by atoms with Gasteiger partial charge in [-0.25, -0.2) is 4.98 Å². The number of hydrogen-bond donors (Lipinski definition) is 0. The minimum atomic E-state index is 0.451. The Hall–Kier alpha value is -1.58. The van der Waals surface area contributed by atoms with Crippen molar-refractivity contribution in [2.24, 2.45) is 0 Å². The second kappa shape index (κ2) is 3.72. The SMILES string of the molecule is [O-][n+]1c2ccc(Cl)cc2nc2c(Cl)cccc21. The first kappa shape index (κ1) is 10.6. The number of rotatable bonds is 0. The molecule has 17 heavy (non-hydrogen) atoms. The summed E-state index contributed by atoms with van der Waals surface area (Å²) in [6, 6.07) is 10.1. The third kappa shape index (κ3) is 1.59. The van der Waals surface area contributed by atoms with Gasteiger partial charge in [0.05, 0.1) is 5.02 Å². The molecule has 0 amide bonds. The van der Waals surface area contributed by atoms with Crippen LogP contribution in [0, 0.1) is 5.21 Å². The van der Waals surface area contributed by atoms with Gasteiger partial charge in [-0.2, -0.15) is 4.73 Å². The van der Waals surface area contributed by atoms with E-state index in [1.807, 2.05) is 0 Å². The summed E-state index contributed by atoms with van der Waals surface area (Å²) in [5.74, 6) is 0. The molecule has 3 nitrogen and oxygen atoms in total. The minimum Gasteiger partial charge on any atom is -0.618 e. The lowest BCUT2D eigenvalue weighted by Crippen LogP contribution is -2.28. The summed E-state index contributed by atoms with van der Waals surface area (Å²) in [5.41, 5.74) is 1.95. The number of halogens is 2. The molecule has 0 radical (unpaired) electrons. The van der Waals surface area contributed by atoms with E-state index in [-0.39, 0.29) is 0 Å². The predicted octanol–water partition coefficient (Wildman–Crippen LogP) is 3.33. The van der Waals surface area contributed by atoms with E-state index in [2.05, 4.69) is 4.98 Å². The molecule has 2 aromatic carbocycles. The van der Waals surface area contributed by atoms with Gasteiger partial charge < -0.3 is 5.21 Å². The fraction of sp³-hybridized carbons (Fsp3) is 0. The van der Waals surface area contributed by atoms with E-state index in [1.54, 1.807) is 36.4 Å². The monoisotopic (exact) mass is 264 g/mol. The van der Waals surface area contributed by atoms with Gasteiger partial charge in [0.1, 0.15) is 5.52 Å². The highest BCUT2D eigenvalue weighted by molar-refractivity contribution is 6.35. The molecule has 0 bridgehead atoms. The summed E-state index contributed by atoms with van der Waals surface area (Å²) >= 11 is 11.9. The van der Waals surface area contributed by atoms with Gasteiger partial charge in [0, 0.05) is 17.2 Å². The molecule has 0 saturated heterocycles. The Morgan fingerprint density at radius 3 is 2.71 bits per heavy atom. The number of aromatic nitrogens is 2. The Bertz CT molecular complexity index is 743. The van der Waals surface area contributed by atoms with Crippen LogP contribution in [0.25, 0.3) is 22.1 Å². The Balaban J connectivity index is 2.57. The zero-order valence-electron chi connectivity index (χ0n) is 8.52. The number of hydrogen-bond acceptors (Lipinski definition) is 2. The molecule has 3 aromatic rings. The molecule has 0 N–H and O–H groups in total. The van der Waals surface area contributed by atoms with Crippen molar-refractivity contribution in [2.75, 3.05) is 0 Å². The lowest BCUT2D eigenvalue weighted by Gasteiger charge is -2.06. The van der Waals surface area contributed by atoms with Gasteiger partial charge in [0.2, 0.25) is 11.0 Å². The molecule has 1 aromatic heterocycles. The maximum atomic E-state index is 12.1. The van der Waals surface area contributed by atoms with Crippen molar-refractivity contribution >= 4 is 45.3 Å². The quantitative estimate of drug-likeness (QED) is 0.355. The molecule has 0 spiro atoms. The molecule has 0 atom stereocenters. The fourth-order valence-corrected chi connectivity index (χ4v) is 2.16. The van der Waals surface area contributed by atoms with Crippen LogP contribution in [-0.2, 0) is 0 Å². The molecule has 3 rings (SSSR count). The van der Waals surface area contributed by atoms with E-state index in [1.165, 1.54) is 0 Å². The van der Waals surface area contributed by atoms with E-state index < -0.39 is 0 Å². The first-order valence-electron chi connectivity index (χ1n) is 4.94. The van der Waals surface area contributed by atoms with Crippen molar-refractivity contribution in [3.63, 3.8) is 0 Å². The summed E-state index contributed by atoms with van der Waals surface area (Å²) in [4.78, 5) is 4.36. The van der Waals surface area contributed by atoms with Crippen molar-refractivity contribution in [1.82, 2.24) is 4.98 Å². The molecular weight excluding hydrogens is 259 g/mol. The van der Waals surface area contributed by atoms with E-state index in [9.17, 15) is 5.21 Å². The van der Waals surface area contributed by atoms with E-state index in [0.717, 1.165) is 4.73 Å². The van der Waals surface area contributed by atoms with Crippen LogP contribution in [0.15, 0.2) is 36.4 Å². The molecule has 0 saturated carbocycles. The molecule has 0 aliphatic heterocycles. The third-order valence-corrected chi connectivity index (χ3v) is 3.11. The summed E-state index contributed by atoms with van der Waals surface area (Å²) in [6.07, 6.45) is 0. The largest absolute Gasteiger partial charge is 0.618 e. The smallest absolute Gasteiger partial charge is 0.244 e. The number of benzene rings is 2. The standard InChI is InChI=1S/C12H6Cl2N2O/c13-7-4-5-10-9(6-7)15-12-8(14)2-1-3-11(12)16(10)17/h1-6H. The molecule has 84 valence electrons. The van der Waals surface area contributed by atoms with Gasteiger partial charge in [-0.3, -0.25) is 0 Å². The zero-order valence-corrected chi connectivity index (χ0v) is 10.0. The maximum absolute atomic E-state index is 12.1. The maximum Gasteiger partial charge on any atom is 0.244 e. The summed E-state index contributed by atoms with van der Waals surface area (Å²) in [7, 11) is 0. The second-order valence-electron chi connectivity index (χ2n) is 3.65. The third-order valence-electron chi connectivity index (χ3n) is 2.57. The van der Waals surface area contributed by atoms with E-state index >= 15 is 0 Å². The van der Waals surface area contributed by atoms with Crippen LogP contribution in [0.1, 0.15) is 0 Å². The van der Waals surface area contributed by atoms with Gasteiger partial charge in [-0.05, 0) is 18.2 Å². The van der Waals surface area contributed by atoms with Crippen LogP contribution in [0.2, 0.25) is 10.0 Å². The first-order valence-corrected chi connectivity index (χ1v) is 5.69. The topological polar surface area (TPSA) is 39.8 Å². The van der Waals surface area contributed by atoms with Crippen molar-refractivity contribution in [3.8, 4) is 0 Å². The van der Waals surface area contributed by atoms with Crippen molar-refractivity contribution in [2.45, 2.75) is 0 Å². The number of fused-ring (bicyclic) bond motifs is 2. The van der Waals surface area contributed by atoms with Crippen LogP contribution in [-0.4, -0.2) is 4.98 Å². The molecule has 0 unspecified atom stereocenters. The fourth-order valence-electron chi connectivity index (χ4n) is 1.79. The predicted molar refractivity (Wildman–Crippen MR) is 68.2 cm³/mol. The Morgan fingerprint density at radius 2 is 1.88 bits per heavy atom. The van der Waals surface area contributed by atoms with Crippen LogP contribution < -0.4 is 4.73 Å². The van der Waals surface area contributed by atoms with Crippen LogP contribution >= 0.6 is 23.2 Å². The van der Waals surface area contributed by atoms with E-state index in [4.69, 9.17) is 23.2 Å². The van der Waals surface area contributed by atoms with E-state index in [0.29, 0.717) is 32.1 Å². The normalized spacial score (nSPS) is 11.2. The van der Waals surface area contributed by atoms with Crippen molar-refractivity contribution in [1.29, 1.82) is 0 Å². The van der Waals surface area contributed by atoms with Gasteiger partial charge in [0.25, 0.3) is 0 Å².